The second kappa shape index (κ2) is 7.40. The molecule has 1 aliphatic rings. The molecule has 1 N–H and O–H groups in total. The number of thiazole rings is 1. The molecule has 0 aliphatic carbocycles. The van der Waals surface area contributed by atoms with Crippen LogP contribution in [-0.4, -0.2) is 54.5 Å². The van der Waals surface area contributed by atoms with Crippen LogP contribution in [0.5, 0.6) is 5.88 Å². The summed E-state index contributed by atoms with van der Waals surface area (Å²) in [6.07, 6.45) is 0.759. The topological polar surface area (TPSA) is 98.1 Å². The summed E-state index contributed by atoms with van der Waals surface area (Å²) in [6.45, 7) is 4.52. The summed E-state index contributed by atoms with van der Waals surface area (Å²) in [7, 11) is 1.78. The summed E-state index contributed by atoms with van der Waals surface area (Å²) >= 11 is 1.16. The van der Waals surface area contributed by atoms with Crippen LogP contribution in [0.25, 0.3) is 11.2 Å². The van der Waals surface area contributed by atoms with Crippen LogP contribution in [0.4, 0.5) is 9.52 Å². The summed E-state index contributed by atoms with van der Waals surface area (Å²) < 4.78 is 21.8. The van der Waals surface area contributed by atoms with Crippen molar-refractivity contribution in [3.05, 3.63) is 23.0 Å². The molecular formula is C17H20FN7O2S. The maximum absolute atomic E-state index is 14.1. The summed E-state index contributed by atoms with van der Waals surface area (Å²) in [5.41, 5.74) is 1.38. The van der Waals surface area contributed by atoms with E-state index >= 15 is 0 Å². The zero-order valence-electron chi connectivity index (χ0n) is 15.7. The summed E-state index contributed by atoms with van der Waals surface area (Å²) in [6, 6.07) is 3.84. The van der Waals surface area contributed by atoms with Crippen LogP contribution in [0.15, 0.2) is 12.1 Å². The van der Waals surface area contributed by atoms with Gasteiger partial charge in [-0.3, -0.25) is 9.69 Å². The van der Waals surface area contributed by atoms with Gasteiger partial charge in [-0.05, 0) is 13.0 Å². The third-order valence-corrected chi connectivity index (χ3v) is 5.58. The van der Waals surface area contributed by atoms with Crippen LogP contribution in [0.1, 0.15) is 25.1 Å². The van der Waals surface area contributed by atoms with Crippen molar-refractivity contribution in [1.29, 1.82) is 0 Å². The van der Waals surface area contributed by atoms with Crippen LogP contribution in [-0.2, 0) is 18.4 Å². The molecule has 148 valence electrons. The third-order valence-electron chi connectivity index (χ3n) is 4.65. The lowest BCUT2D eigenvalue weighted by Crippen LogP contribution is -2.28. The number of carbonyl (C=O) groups excluding carboxylic acids is 1. The highest BCUT2D eigenvalue weighted by atomic mass is 32.1. The number of fused-ring (bicyclic) bond motifs is 1. The number of hydrogen-bond donors (Lipinski definition) is 1. The molecule has 0 radical (unpaired) electrons. The number of pyridine rings is 1. The number of anilines is 1. The molecule has 9 nitrogen and oxygen atoms in total. The highest BCUT2D eigenvalue weighted by Gasteiger charge is 2.32. The molecule has 11 heteroatoms. The monoisotopic (exact) mass is 405 g/mol. The highest BCUT2D eigenvalue weighted by Crippen LogP contribution is 2.28. The molecule has 2 atom stereocenters. The van der Waals surface area contributed by atoms with E-state index in [1.165, 1.54) is 6.92 Å². The zero-order valence-corrected chi connectivity index (χ0v) is 16.5. The highest BCUT2D eigenvalue weighted by molar-refractivity contribution is 7.15. The van der Waals surface area contributed by atoms with E-state index in [2.05, 4.69) is 37.4 Å². The van der Waals surface area contributed by atoms with Gasteiger partial charge in [-0.1, -0.05) is 16.6 Å². The molecule has 1 fully saturated rings. The van der Waals surface area contributed by atoms with Crippen molar-refractivity contribution >= 4 is 33.5 Å². The average molecular weight is 405 g/mol. The first-order valence-electron chi connectivity index (χ1n) is 8.89. The standard InChI is InChI=1S/C17H20FN7O2S/c1-9-6-11(27-14-5-4-12-16(20-14)24(3)23-22-12)7-25(9)8-13-15(18)21-17(28-13)19-10(2)26/h4-5,9,11H,6-8H2,1-3H3,(H,19,21,26)/t9-,11+/m0/s1. The number of hydrogen-bond acceptors (Lipinski definition) is 8. The molecule has 0 saturated carbocycles. The third kappa shape index (κ3) is 3.80. The Morgan fingerprint density at radius 3 is 3.04 bits per heavy atom. The largest absolute Gasteiger partial charge is 0.473 e. The Morgan fingerprint density at radius 1 is 1.43 bits per heavy atom. The van der Waals surface area contributed by atoms with Crippen molar-refractivity contribution in [3.63, 3.8) is 0 Å². The van der Waals surface area contributed by atoms with E-state index in [4.69, 9.17) is 4.74 Å². The summed E-state index contributed by atoms with van der Waals surface area (Å²) in [5, 5.41) is 10.8. The molecule has 0 spiro atoms. The Bertz CT molecular complexity index is 1020. The maximum Gasteiger partial charge on any atom is 0.230 e. The number of amides is 1. The number of likely N-dealkylation sites (tertiary alicyclic amines) is 1. The van der Waals surface area contributed by atoms with E-state index < -0.39 is 5.95 Å². The second-order valence-corrected chi connectivity index (χ2v) is 7.96. The van der Waals surface area contributed by atoms with Crippen molar-refractivity contribution in [3.8, 4) is 5.88 Å². The Kier molecular flexibility index (Phi) is 4.94. The van der Waals surface area contributed by atoms with Crippen molar-refractivity contribution < 1.29 is 13.9 Å². The Labute approximate surface area is 164 Å². The molecule has 1 amide bonds. The molecule has 3 aromatic rings. The van der Waals surface area contributed by atoms with Gasteiger partial charge in [-0.2, -0.15) is 14.4 Å². The Morgan fingerprint density at radius 2 is 2.25 bits per heavy atom. The number of rotatable bonds is 5. The van der Waals surface area contributed by atoms with Gasteiger partial charge < -0.3 is 10.1 Å². The van der Waals surface area contributed by atoms with Crippen LogP contribution in [0, 0.1) is 5.95 Å². The molecule has 0 unspecified atom stereocenters. The molecule has 4 heterocycles. The SMILES string of the molecule is CC(=O)Nc1nc(F)c(CN2C[C@H](Oc3ccc4nnn(C)c4n3)C[C@@H]2C)s1. The van der Waals surface area contributed by atoms with Gasteiger partial charge in [-0.15, -0.1) is 5.10 Å². The Hall–Kier alpha value is -2.66. The van der Waals surface area contributed by atoms with E-state index in [1.54, 1.807) is 17.8 Å². The lowest BCUT2D eigenvalue weighted by Gasteiger charge is -2.19. The zero-order chi connectivity index (χ0) is 19.8. The van der Waals surface area contributed by atoms with E-state index in [1.807, 2.05) is 6.07 Å². The van der Waals surface area contributed by atoms with Crippen molar-refractivity contribution in [1.82, 2.24) is 29.9 Å². The van der Waals surface area contributed by atoms with Crippen LogP contribution >= 0.6 is 11.3 Å². The summed E-state index contributed by atoms with van der Waals surface area (Å²) in [4.78, 5) is 22.0. The first-order valence-corrected chi connectivity index (χ1v) is 9.70. The molecule has 4 rings (SSSR count). The molecule has 1 aliphatic heterocycles. The van der Waals surface area contributed by atoms with E-state index in [0.717, 1.165) is 17.8 Å². The number of nitrogens with zero attached hydrogens (tertiary/aromatic N) is 6. The molecule has 1 saturated heterocycles. The van der Waals surface area contributed by atoms with Gasteiger partial charge in [0, 0.05) is 45.6 Å². The smallest absolute Gasteiger partial charge is 0.230 e. The predicted octanol–water partition coefficient (Wildman–Crippen LogP) is 1.96. The molecule has 28 heavy (non-hydrogen) atoms. The van der Waals surface area contributed by atoms with Gasteiger partial charge in [0.2, 0.25) is 17.7 Å². The number of aromatic nitrogens is 5. The number of aryl methyl sites for hydroxylation is 1. The lowest BCUT2D eigenvalue weighted by molar-refractivity contribution is -0.114. The van der Waals surface area contributed by atoms with E-state index in [9.17, 15) is 9.18 Å². The summed E-state index contributed by atoms with van der Waals surface area (Å²) in [5.74, 6) is -0.286. The van der Waals surface area contributed by atoms with Crippen LogP contribution < -0.4 is 10.1 Å². The van der Waals surface area contributed by atoms with Gasteiger partial charge in [-0.25, -0.2) is 4.68 Å². The average Bonchev–Trinajstić information content (AvgIpc) is 3.27. The molecule has 0 bridgehead atoms. The van der Waals surface area contributed by atoms with Crippen LogP contribution in [0.2, 0.25) is 0 Å². The van der Waals surface area contributed by atoms with Crippen molar-refractivity contribution in [2.45, 2.75) is 39.0 Å². The van der Waals surface area contributed by atoms with E-state index in [-0.39, 0.29) is 23.2 Å². The minimum absolute atomic E-state index is 0.0491. The number of carbonyl (C=O) groups is 1. The molecule has 0 aromatic carbocycles. The number of ether oxygens (including phenoxy) is 1. The number of nitrogens with one attached hydrogen (secondary N) is 1. The van der Waals surface area contributed by atoms with E-state index in [0.29, 0.717) is 35.0 Å². The normalized spacial score (nSPS) is 20.0. The quantitative estimate of drug-likeness (QED) is 0.693. The van der Waals surface area contributed by atoms with Gasteiger partial charge in [0.25, 0.3) is 0 Å². The Balaban J connectivity index is 1.42. The lowest BCUT2D eigenvalue weighted by atomic mass is 10.2. The first kappa shape index (κ1) is 18.7. The fourth-order valence-corrected chi connectivity index (χ4v) is 4.22. The van der Waals surface area contributed by atoms with Crippen molar-refractivity contribution in [2.24, 2.45) is 7.05 Å². The minimum atomic E-state index is -0.541. The van der Waals surface area contributed by atoms with Crippen molar-refractivity contribution in [2.75, 3.05) is 11.9 Å². The fraction of sp³-hybridized carbons (Fsp3) is 0.471. The first-order chi connectivity index (χ1) is 13.4. The van der Waals surface area contributed by atoms with Crippen LogP contribution in [0.3, 0.4) is 0 Å². The molecular weight excluding hydrogens is 385 g/mol. The molecule has 3 aromatic heterocycles. The minimum Gasteiger partial charge on any atom is -0.473 e. The van der Waals surface area contributed by atoms with Gasteiger partial charge >= 0.3 is 0 Å². The van der Waals surface area contributed by atoms with Gasteiger partial charge in [0.1, 0.15) is 11.6 Å². The maximum atomic E-state index is 14.1. The van der Waals surface area contributed by atoms with Gasteiger partial charge in [0.15, 0.2) is 10.8 Å². The predicted molar refractivity (Wildman–Crippen MR) is 102 cm³/mol. The number of halogens is 1. The fourth-order valence-electron chi connectivity index (χ4n) is 3.30. The second-order valence-electron chi connectivity index (χ2n) is 6.87. The van der Waals surface area contributed by atoms with Gasteiger partial charge in [0.05, 0.1) is 4.88 Å².